The van der Waals surface area contributed by atoms with Crippen molar-refractivity contribution in [3.05, 3.63) is 22.2 Å². The summed E-state index contributed by atoms with van der Waals surface area (Å²) >= 11 is 3.24. The molecule has 5 N–H and O–H groups in total. The van der Waals surface area contributed by atoms with Crippen LogP contribution in [0.4, 0.5) is 0 Å². The second-order valence-corrected chi connectivity index (χ2v) is 3.67. The summed E-state index contributed by atoms with van der Waals surface area (Å²) in [5, 5.41) is 16.6. The van der Waals surface area contributed by atoms with Gasteiger partial charge in [-0.2, -0.15) is 5.10 Å². The van der Waals surface area contributed by atoms with Crippen molar-refractivity contribution in [2.24, 2.45) is 21.7 Å². The summed E-state index contributed by atoms with van der Waals surface area (Å²) in [6.07, 6.45) is 1.32. The van der Waals surface area contributed by atoms with Crippen molar-refractivity contribution < 1.29 is 9.84 Å². The molecule has 0 unspecified atom stereocenters. The highest BCUT2D eigenvalue weighted by molar-refractivity contribution is 9.10. The third-order valence-corrected chi connectivity index (χ3v) is 2.29. The Bertz CT molecular complexity index is 441. The summed E-state index contributed by atoms with van der Waals surface area (Å²) in [7, 11) is 1.52. The maximum atomic E-state index is 9.59. The van der Waals surface area contributed by atoms with E-state index in [4.69, 9.17) is 16.2 Å². The van der Waals surface area contributed by atoms with Crippen molar-refractivity contribution in [3.8, 4) is 11.5 Å². The number of nitrogens with zero attached hydrogens (tertiary/aromatic N) is 2. The molecule has 0 spiro atoms. The summed E-state index contributed by atoms with van der Waals surface area (Å²) < 4.78 is 5.71. The molecule has 0 aromatic heterocycles. The molecule has 0 bridgehead atoms. The zero-order valence-electron chi connectivity index (χ0n) is 8.51. The molecule has 0 aliphatic heterocycles. The first-order valence-corrected chi connectivity index (χ1v) is 5.02. The number of halogens is 1. The van der Waals surface area contributed by atoms with Gasteiger partial charge in [0, 0.05) is 5.56 Å². The SMILES string of the molecule is COc1cc(C=NN=C(N)N)c(O)cc1Br. The molecule has 0 radical (unpaired) electrons. The highest BCUT2D eigenvalue weighted by Crippen LogP contribution is 2.31. The summed E-state index contributed by atoms with van der Waals surface area (Å²) in [6.45, 7) is 0. The van der Waals surface area contributed by atoms with Crippen molar-refractivity contribution in [1.29, 1.82) is 0 Å². The molecule has 86 valence electrons. The molecule has 6 nitrogen and oxygen atoms in total. The van der Waals surface area contributed by atoms with E-state index in [2.05, 4.69) is 26.1 Å². The average Bonchev–Trinajstić information content (AvgIpc) is 2.20. The van der Waals surface area contributed by atoms with Crippen LogP contribution >= 0.6 is 15.9 Å². The fourth-order valence-corrected chi connectivity index (χ4v) is 1.47. The van der Waals surface area contributed by atoms with Crippen molar-refractivity contribution in [2.75, 3.05) is 7.11 Å². The lowest BCUT2D eigenvalue weighted by Gasteiger charge is -2.05. The minimum Gasteiger partial charge on any atom is -0.507 e. The lowest BCUT2D eigenvalue weighted by Crippen LogP contribution is -2.21. The molecule has 0 aliphatic rings. The number of guanidine groups is 1. The van der Waals surface area contributed by atoms with Gasteiger partial charge < -0.3 is 21.3 Å². The maximum absolute atomic E-state index is 9.59. The van der Waals surface area contributed by atoms with Gasteiger partial charge in [-0.05, 0) is 28.1 Å². The van der Waals surface area contributed by atoms with Gasteiger partial charge in [-0.3, -0.25) is 0 Å². The quantitative estimate of drug-likeness (QED) is 0.433. The van der Waals surface area contributed by atoms with Crippen LogP contribution in [0, 0.1) is 0 Å². The van der Waals surface area contributed by atoms with Crippen molar-refractivity contribution in [3.63, 3.8) is 0 Å². The lowest BCUT2D eigenvalue weighted by atomic mass is 10.2. The standard InChI is InChI=1S/C9H11BrN4O2/c1-16-8-2-5(4-13-14-9(11)12)7(15)3-6(8)10/h2-4,15H,1H3,(H4,11,12,14). The highest BCUT2D eigenvalue weighted by atomic mass is 79.9. The summed E-state index contributed by atoms with van der Waals surface area (Å²) in [5.74, 6) is 0.464. The molecule has 1 aromatic carbocycles. The number of benzene rings is 1. The maximum Gasteiger partial charge on any atom is 0.211 e. The number of hydrogen-bond acceptors (Lipinski definition) is 4. The van der Waals surface area contributed by atoms with Crippen LogP contribution in [0.5, 0.6) is 11.5 Å². The predicted octanol–water partition coefficient (Wildman–Crippen LogP) is 0.771. The number of nitrogens with two attached hydrogens (primary N) is 2. The Balaban J connectivity index is 3.05. The molecular weight excluding hydrogens is 276 g/mol. The van der Waals surface area contributed by atoms with Gasteiger partial charge in [-0.25, -0.2) is 0 Å². The van der Waals surface area contributed by atoms with Crippen LogP contribution in [0.3, 0.4) is 0 Å². The van der Waals surface area contributed by atoms with Gasteiger partial charge in [0.1, 0.15) is 11.5 Å². The number of rotatable bonds is 3. The van der Waals surface area contributed by atoms with Crippen LogP contribution in [0.2, 0.25) is 0 Å². The Morgan fingerprint density at radius 2 is 2.19 bits per heavy atom. The van der Waals surface area contributed by atoms with Gasteiger partial charge in [-0.1, -0.05) is 0 Å². The second-order valence-electron chi connectivity index (χ2n) is 2.82. The van der Waals surface area contributed by atoms with Crippen molar-refractivity contribution in [1.82, 2.24) is 0 Å². The van der Waals surface area contributed by atoms with Crippen LogP contribution in [0.1, 0.15) is 5.56 Å². The van der Waals surface area contributed by atoms with Gasteiger partial charge in [0.15, 0.2) is 0 Å². The van der Waals surface area contributed by atoms with Crippen LogP contribution in [0.15, 0.2) is 26.8 Å². The average molecular weight is 287 g/mol. The third-order valence-electron chi connectivity index (χ3n) is 1.67. The summed E-state index contributed by atoms with van der Waals surface area (Å²) in [5.41, 5.74) is 10.6. The van der Waals surface area contributed by atoms with Gasteiger partial charge in [-0.15, -0.1) is 5.10 Å². The van der Waals surface area contributed by atoms with E-state index >= 15 is 0 Å². The van der Waals surface area contributed by atoms with Crippen molar-refractivity contribution in [2.45, 2.75) is 0 Å². The molecule has 16 heavy (non-hydrogen) atoms. The lowest BCUT2D eigenvalue weighted by molar-refractivity contribution is 0.409. The minimum atomic E-state index is -0.153. The van der Waals surface area contributed by atoms with E-state index in [1.165, 1.54) is 19.4 Å². The number of hydrogen-bond donors (Lipinski definition) is 3. The number of aromatic hydroxyl groups is 1. The first-order valence-electron chi connectivity index (χ1n) is 4.23. The molecule has 0 saturated carbocycles. The molecule has 0 saturated heterocycles. The first-order chi connectivity index (χ1) is 7.54. The Labute approximate surface area is 101 Å². The Kier molecular flexibility index (Phi) is 4.12. The van der Waals surface area contributed by atoms with E-state index in [0.717, 1.165) is 0 Å². The molecule has 0 atom stereocenters. The van der Waals surface area contributed by atoms with Gasteiger partial charge in [0.05, 0.1) is 17.8 Å². The van der Waals surface area contributed by atoms with E-state index in [1.807, 2.05) is 0 Å². The molecule has 1 rings (SSSR count). The second kappa shape index (κ2) is 5.36. The van der Waals surface area contributed by atoms with Crippen LogP contribution < -0.4 is 16.2 Å². The third kappa shape index (κ3) is 3.13. The van der Waals surface area contributed by atoms with Gasteiger partial charge in [0.2, 0.25) is 5.96 Å². The molecule has 7 heteroatoms. The summed E-state index contributed by atoms with van der Waals surface area (Å²) in [6, 6.07) is 3.10. The molecule has 0 heterocycles. The zero-order chi connectivity index (χ0) is 12.1. The Morgan fingerprint density at radius 3 is 2.75 bits per heavy atom. The zero-order valence-corrected chi connectivity index (χ0v) is 10.1. The first kappa shape index (κ1) is 12.3. The topological polar surface area (TPSA) is 106 Å². The molecule has 0 aliphatic carbocycles. The molecular formula is C9H11BrN4O2. The largest absolute Gasteiger partial charge is 0.507 e. The minimum absolute atomic E-state index is 0.0437. The predicted molar refractivity (Wildman–Crippen MR) is 65.8 cm³/mol. The molecule has 0 fully saturated rings. The van der Waals surface area contributed by atoms with Crippen LogP contribution in [-0.4, -0.2) is 24.4 Å². The fraction of sp³-hybridized carbons (Fsp3) is 0.111. The van der Waals surface area contributed by atoms with Crippen LogP contribution in [-0.2, 0) is 0 Å². The molecule has 0 amide bonds. The Morgan fingerprint density at radius 1 is 1.50 bits per heavy atom. The number of methoxy groups -OCH3 is 1. The van der Waals surface area contributed by atoms with E-state index in [1.54, 1.807) is 6.07 Å². The van der Waals surface area contributed by atoms with E-state index < -0.39 is 0 Å². The van der Waals surface area contributed by atoms with Gasteiger partial charge >= 0.3 is 0 Å². The van der Waals surface area contributed by atoms with Crippen molar-refractivity contribution >= 4 is 28.1 Å². The van der Waals surface area contributed by atoms with E-state index in [0.29, 0.717) is 15.8 Å². The number of phenols is 1. The smallest absolute Gasteiger partial charge is 0.211 e. The monoisotopic (exact) mass is 286 g/mol. The number of ether oxygens (including phenoxy) is 1. The normalized spacial score (nSPS) is 10.4. The van der Waals surface area contributed by atoms with Gasteiger partial charge in [0.25, 0.3) is 0 Å². The highest BCUT2D eigenvalue weighted by Gasteiger charge is 2.06. The Hall–Kier alpha value is -1.76. The van der Waals surface area contributed by atoms with Crippen LogP contribution in [0.25, 0.3) is 0 Å². The van der Waals surface area contributed by atoms with E-state index in [9.17, 15) is 5.11 Å². The fourth-order valence-electron chi connectivity index (χ4n) is 0.976. The summed E-state index contributed by atoms with van der Waals surface area (Å²) in [4.78, 5) is 0. The molecule has 1 aromatic rings. The number of phenolic OH excluding ortho intramolecular Hbond substituents is 1. The van der Waals surface area contributed by atoms with E-state index in [-0.39, 0.29) is 11.7 Å².